The number of hydrogen-bond acceptors (Lipinski definition) is 5. The minimum absolute atomic E-state index is 0.0886. The van der Waals surface area contributed by atoms with Gasteiger partial charge in [-0.1, -0.05) is 32.9 Å². The Hall–Kier alpha value is -3.68. The number of anilines is 2. The number of rotatable bonds is 7. The zero-order valence-corrected chi connectivity index (χ0v) is 19.9. The highest BCUT2D eigenvalue weighted by Gasteiger charge is 2.23. The lowest BCUT2D eigenvalue weighted by Gasteiger charge is -2.33. The zero-order valence-electron chi connectivity index (χ0n) is 19.9. The molecule has 1 aromatic heterocycles. The molecule has 1 amide bonds. The second-order valence-corrected chi connectivity index (χ2v) is 9.35. The van der Waals surface area contributed by atoms with Crippen LogP contribution >= 0.6 is 0 Å². The summed E-state index contributed by atoms with van der Waals surface area (Å²) in [6, 6.07) is 12.2. The summed E-state index contributed by atoms with van der Waals surface area (Å²) in [6.45, 7) is 8.74. The summed E-state index contributed by atoms with van der Waals surface area (Å²) in [4.78, 5) is 30.8. The van der Waals surface area contributed by atoms with Gasteiger partial charge in [0, 0.05) is 55.8 Å². The maximum atomic E-state index is 13.3. The summed E-state index contributed by atoms with van der Waals surface area (Å²) in [6.07, 6.45) is 5.82. The van der Waals surface area contributed by atoms with E-state index >= 15 is 0 Å². The monoisotopic (exact) mass is 461 g/mol. The van der Waals surface area contributed by atoms with Gasteiger partial charge in [-0.05, 0) is 42.5 Å². The molecule has 34 heavy (non-hydrogen) atoms. The molecule has 2 heterocycles. The average molecular weight is 462 g/mol. The Kier molecular flexibility index (Phi) is 6.95. The van der Waals surface area contributed by atoms with Gasteiger partial charge in [-0.25, -0.2) is 4.98 Å². The van der Waals surface area contributed by atoms with Crippen molar-refractivity contribution in [2.75, 3.05) is 23.3 Å². The van der Waals surface area contributed by atoms with Gasteiger partial charge in [0.1, 0.15) is 5.82 Å². The van der Waals surface area contributed by atoms with Crippen molar-refractivity contribution in [3.05, 3.63) is 81.9 Å². The number of aromatic nitrogens is 2. The minimum atomic E-state index is -0.461. The quantitative estimate of drug-likeness (QED) is 0.373. The standard InChI is InChI=1S/C26H31N5O3/c1-18(2)25-27-11-14-30(25)17-20-5-4-6-21(15-20)28-26(32)23-16-22(31(33)34)7-8-24(23)29-12-9-19(3)10-13-29/h4-8,11,14-16,18-19H,9-10,12-13,17H2,1-3H3,(H,28,32). The Balaban J connectivity index is 1.57. The molecule has 1 aliphatic rings. The number of nitrogens with one attached hydrogen (secondary N) is 1. The second-order valence-electron chi connectivity index (χ2n) is 9.35. The van der Waals surface area contributed by atoms with E-state index in [-0.39, 0.29) is 11.6 Å². The topological polar surface area (TPSA) is 93.3 Å². The SMILES string of the molecule is CC1CCN(c2ccc([N+](=O)[O-])cc2C(=O)Nc2cccc(Cn3ccnc3C(C)C)c2)CC1. The third-order valence-electron chi connectivity index (χ3n) is 6.36. The molecule has 1 aliphatic heterocycles. The molecule has 2 aromatic carbocycles. The first-order valence-corrected chi connectivity index (χ1v) is 11.8. The number of hydrogen-bond donors (Lipinski definition) is 1. The second kappa shape index (κ2) is 10.1. The van der Waals surface area contributed by atoms with Gasteiger partial charge in [-0.15, -0.1) is 0 Å². The Morgan fingerprint density at radius 2 is 1.97 bits per heavy atom. The summed E-state index contributed by atoms with van der Waals surface area (Å²) < 4.78 is 2.10. The van der Waals surface area contributed by atoms with Gasteiger partial charge < -0.3 is 14.8 Å². The van der Waals surface area contributed by atoms with Gasteiger partial charge in [0.2, 0.25) is 0 Å². The Morgan fingerprint density at radius 3 is 2.68 bits per heavy atom. The molecule has 8 nitrogen and oxygen atoms in total. The molecule has 178 valence electrons. The van der Waals surface area contributed by atoms with Crippen LogP contribution in [-0.4, -0.2) is 33.5 Å². The average Bonchev–Trinajstić information content (AvgIpc) is 3.28. The fourth-order valence-corrected chi connectivity index (χ4v) is 4.44. The van der Waals surface area contributed by atoms with Crippen LogP contribution in [0.1, 0.15) is 61.3 Å². The van der Waals surface area contributed by atoms with E-state index in [1.54, 1.807) is 12.3 Å². The number of non-ortho nitro benzene ring substituents is 1. The number of nitro benzene ring substituents is 1. The molecule has 4 rings (SSSR count). The summed E-state index contributed by atoms with van der Waals surface area (Å²) in [5.41, 5.74) is 2.66. The lowest BCUT2D eigenvalue weighted by Crippen LogP contribution is -2.34. The molecule has 3 aromatic rings. The van der Waals surface area contributed by atoms with Crippen LogP contribution in [0.25, 0.3) is 0 Å². The number of amides is 1. The van der Waals surface area contributed by atoms with Crippen molar-refractivity contribution in [2.45, 2.75) is 46.1 Å². The van der Waals surface area contributed by atoms with Gasteiger partial charge >= 0.3 is 0 Å². The molecule has 1 saturated heterocycles. The van der Waals surface area contributed by atoms with E-state index in [0.717, 1.165) is 43.0 Å². The van der Waals surface area contributed by atoms with Crippen LogP contribution in [0.5, 0.6) is 0 Å². The Bertz CT molecular complexity index is 1180. The first-order valence-electron chi connectivity index (χ1n) is 11.8. The van der Waals surface area contributed by atoms with E-state index < -0.39 is 4.92 Å². The predicted octanol–water partition coefficient (Wildman–Crippen LogP) is 5.45. The lowest BCUT2D eigenvalue weighted by molar-refractivity contribution is -0.384. The summed E-state index contributed by atoms with van der Waals surface area (Å²) >= 11 is 0. The lowest BCUT2D eigenvalue weighted by atomic mass is 9.98. The molecule has 1 N–H and O–H groups in total. The third kappa shape index (κ3) is 5.27. The predicted molar refractivity (Wildman–Crippen MR) is 134 cm³/mol. The molecule has 0 bridgehead atoms. The van der Waals surface area contributed by atoms with Crippen molar-refractivity contribution < 1.29 is 9.72 Å². The fourth-order valence-electron chi connectivity index (χ4n) is 4.44. The van der Waals surface area contributed by atoms with Gasteiger partial charge in [-0.2, -0.15) is 0 Å². The van der Waals surface area contributed by atoms with Crippen molar-refractivity contribution in [1.82, 2.24) is 9.55 Å². The number of carbonyl (C=O) groups is 1. The molecule has 0 aliphatic carbocycles. The number of imidazole rings is 1. The maximum Gasteiger partial charge on any atom is 0.270 e. The maximum absolute atomic E-state index is 13.3. The van der Waals surface area contributed by atoms with Gasteiger partial charge in [0.15, 0.2) is 0 Å². The number of nitrogens with zero attached hydrogens (tertiary/aromatic N) is 4. The first-order chi connectivity index (χ1) is 16.3. The van der Waals surface area contributed by atoms with Crippen molar-refractivity contribution in [3.8, 4) is 0 Å². The van der Waals surface area contributed by atoms with Crippen LogP contribution in [0.3, 0.4) is 0 Å². The minimum Gasteiger partial charge on any atom is -0.371 e. The number of nitro groups is 1. The molecule has 0 atom stereocenters. The Morgan fingerprint density at radius 1 is 1.21 bits per heavy atom. The van der Waals surface area contributed by atoms with Crippen molar-refractivity contribution in [1.29, 1.82) is 0 Å². The van der Waals surface area contributed by atoms with E-state index in [4.69, 9.17) is 0 Å². The van der Waals surface area contributed by atoms with Crippen molar-refractivity contribution in [2.24, 2.45) is 5.92 Å². The number of carbonyl (C=O) groups excluding carboxylic acids is 1. The number of piperidine rings is 1. The van der Waals surface area contributed by atoms with Crippen LogP contribution in [0.15, 0.2) is 54.9 Å². The van der Waals surface area contributed by atoms with Crippen LogP contribution in [-0.2, 0) is 6.54 Å². The van der Waals surface area contributed by atoms with Crippen LogP contribution in [0, 0.1) is 16.0 Å². The van der Waals surface area contributed by atoms with E-state index in [1.165, 1.54) is 12.1 Å². The van der Waals surface area contributed by atoms with E-state index in [1.807, 2.05) is 30.5 Å². The molecule has 0 radical (unpaired) electrons. The van der Waals surface area contributed by atoms with E-state index in [2.05, 4.69) is 40.5 Å². The fraction of sp³-hybridized carbons (Fsp3) is 0.385. The van der Waals surface area contributed by atoms with Crippen molar-refractivity contribution in [3.63, 3.8) is 0 Å². The van der Waals surface area contributed by atoms with Crippen LogP contribution in [0.4, 0.5) is 17.1 Å². The summed E-state index contributed by atoms with van der Waals surface area (Å²) in [5, 5.41) is 14.3. The summed E-state index contributed by atoms with van der Waals surface area (Å²) in [7, 11) is 0. The smallest absolute Gasteiger partial charge is 0.270 e. The van der Waals surface area contributed by atoms with E-state index in [9.17, 15) is 14.9 Å². The highest BCUT2D eigenvalue weighted by Crippen LogP contribution is 2.30. The molecule has 0 saturated carbocycles. The summed E-state index contributed by atoms with van der Waals surface area (Å²) in [5.74, 6) is 1.61. The highest BCUT2D eigenvalue weighted by atomic mass is 16.6. The van der Waals surface area contributed by atoms with Crippen molar-refractivity contribution >= 4 is 23.0 Å². The molecule has 0 spiro atoms. The Labute approximate surface area is 199 Å². The number of benzene rings is 2. The molecular weight excluding hydrogens is 430 g/mol. The highest BCUT2D eigenvalue weighted by molar-refractivity contribution is 6.08. The first kappa shape index (κ1) is 23.5. The van der Waals surface area contributed by atoms with Crippen LogP contribution < -0.4 is 10.2 Å². The molecular formula is C26H31N5O3. The van der Waals surface area contributed by atoms with Crippen LogP contribution in [0.2, 0.25) is 0 Å². The van der Waals surface area contributed by atoms with Gasteiger partial charge in [0.05, 0.1) is 16.2 Å². The molecule has 8 heteroatoms. The van der Waals surface area contributed by atoms with Gasteiger partial charge in [-0.3, -0.25) is 14.9 Å². The van der Waals surface area contributed by atoms with E-state index in [0.29, 0.717) is 29.6 Å². The van der Waals surface area contributed by atoms with Gasteiger partial charge in [0.25, 0.3) is 11.6 Å². The molecule has 0 unspecified atom stereocenters. The third-order valence-corrected chi connectivity index (χ3v) is 6.36. The normalized spacial score (nSPS) is 14.4. The zero-order chi connectivity index (χ0) is 24.2. The largest absolute Gasteiger partial charge is 0.371 e. The molecule has 1 fully saturated rings.